The number of amides is 1. The van der Waals surface area contributed by atoms with Crippen LogP contribution in [-0.4, -0.2) is 64.4 Å². The number of aliphatic hydroxyl groups excluding tert-OH is 1. The Morgan fingerprint density at radius 3 is 2.23 bits per heavy atom. The fourth-order valence-electron chi connectivity index (χ4n) is 6.68. The van der Waals surface area contributed by atoms with Gasteiger partial charge in [-0.25, -0.2) is 4.98 Å². The number of hydrogen-bond donors (Lipinski definition) is 5. The molecule has 2 aromatic heterocycles. The Labute approximate surface area is 367 Å². The lowest BCUT2D eigenvalue weighted by Gasteiger charge is -2.17. The summed E-state index contributed by atoms with van der Waals surface area (Å²) < 4.78 is 17.8. The molecule has 1 aliphatic heterocycles. The molecule has 14 nitrogen and oxygen atoms in total. The van der Waals surface area contributed by atoms with E-state index >= 15 is 0 Å². The van der Waals surface area contributed by atoms with E-state index in [1.807, 2.05) is 54.6 Å². The van der Waals surface area contributed by atoms with E-state index in [2.05, 4.69) is 20.9 Å². The Balaban J connectivity index is 1.20. The van der Waals surface area contributed by atoms with Crippen LogP contribution in [0.25, 0.3) is 22.4 Å². The van der Waals surface area contributed by atoms with Gasteiger partial charge in [-0.05, 0) is 42.3 Å². The topological polar surface area (TPSA) is 212 Å². The molecule has 0 bridgehead atoms. The first-order valence-corrected chi connectivity index (χ1v) is 20.2. The summed E-state index contributed by atoms with van der Waals surface area (Å²) in [6, 6.07) is 25.2. The van der Waals surface area contributed by atoms with Gasteiger partial charge >= 0.3 is 5.97 Å². The highest BCUT2D eigenvalue weighted by Gasteiger charge is 2.22. The Morgan fingerprint density at radius 2 is 1.54 bits per heavy atom. The molecule has 1 amide bonds. The van der Waals surface area contributed by atoms with Gasteiger partial charge in [0.05, 0.1) is 58.6 Å². The van der Waals surface area contributed by atoms with Crippen molar-refractivity contribution >= 4 is 46.7 Å². The van der Waals surface area contributed by atoms with Crippen molar-refractivity contribution in [1.82, 2.24) is 25.9 Å². The summed E-state index contributed by atoms with van der Waals surface area (Å²) in [5.74, 6) is -0.489. The van der Waals surface area contributed by atoms with Crippen LogP contribution in [-0.2, 0) is 35.9 Å². The maximum atomic E-state index is 11.6. The van der Waals surface area contributed by atoms with Crippen molar-refractivity contribution in [3.05, 3.63) is 121 Å². The molecular formula is C44H40Cl3N7O7. The van der Waals surface area contributed by atoms with Crippen molar-refractivity contribution in [2.45, 2.75) is 57.7 Å². The van der Waals surface area contributed by atoms with Crippen molar-refractivity contribution < 1.29 is 34.0 Å². The van der Waals surface area contributed by atoms with Gasteiger partial charge in [-0.15, -0.1) is 0 Å². The number of aliphatic carboxylic acids is 1. The molecule has 61 heavy (non-hydrogen) atoms. The highest BCUT2D eigenvalue weighted by Crippen LogP contribution is 2.41. The number of nitrogens with zero attached hydrogens (tertiary/aromatic N) is 4. The molecule has 314 valence electrons. The quantitative estimate of drug-likeness (QED) is 0.0568. The van der Waals surface area contributed by atoms with E-state index in [0.29, 0.717) is 74.5 Å². The number of aromatic nitrogens is 2. The number of pyridine rings is 2. The molecule has 2 atom stereocenters. The number of carboxylic acids is 1. The van der Waals surface area contributed by atoms with Crippen LogP contribution in [0.5, 0.6) is 17.6 Å². The average Bonchev–Trinajstić information content (AvgIpc) is 3.67. The van der Waals surface area contributed by atoms with Crippen LogP contribution in [0.2, 0.25) is 15.1 Å². The van der Waals surface area contributed by atoms with E-state index in [9.17, 15) is 25.2 Å². The third kappa shape index (κ3) is 11.7. The molecule has 3 aromatic carbocycles. The van der Waals surface area contributed by atoms with E-state index in [4.69, 9.17) is 59.1 Å². The summed E-state index contributed by atoms with van der Waals surface area (Å²) in [5, 5.41) is 48.2. The van der Waals surface area contributed by atoms with Gasteiger partial charge in [0.15, 0.2) is 0 Å². The predicted molar refractivity (Wildman–Crippen MR) is 228 cm³/mol. The number of benzene rings is 3. The van der Waals surface area contributed by atoms with E-state index < -0.39 is 18.5 Å². The number of nitriles is 2. The summed E-state index contributed by atoms with van der Waals surface area (Å²) in [4.78, 5) is 31.9. The fraction of sp³-hybridized carbons (Fsp3) is 0.273. The number of ether oxygens (including phenoxy) is 3. The van der Waals surface area contributed by atoms with Gasteiger partial charge < -0.3 is 40.4 Å². The van der Waals surface area contributed by atoms with Gasteiger partial charge in [0.25, 0.3) is 0 Å². The smallest absolute Gasteiger partial charge is 0.306 e. The molecule has 17 heteroatoms. The maximum Gasteiger partial charge on any atom is 0.306 e. The van der Waals surface area contributed by atoms with E-state index in [1.165, 1.54) is 6.07 Å². The monoisotopic (exact) mass is 883 g/mol. The standard InChI is InChI=1S/C44H40Cl3N7O7/c1-59-42-28(19-50-21-31-9-11-38(56)52-31)8-10-37(53-42)35-7-3-6-34(41(35)47)33-5-2-4-29(40(33)46)24-61-44-36(45)15-30(20-51-22-32(55)16-39(57)58)43(54-44)60-23-27-13-25(17-48)12-26(14-27)18-49/h2-8,10,12-15,31-32,50-51,55H,9,11,16,19-24H2,1H3,(H,52,56)(H,57,58)/t31-,32-/m0/s1. The van der Waals surface area contributed by atoms with Gasteiger partial charge in [0.1, 0.15) is 18.2 Å². The van der Waals surface area contributed by atoms with Crippen molar-refractivity contribution in [2.24, 2.45) is 0 Å². The van der Waals surface area contributed by atoms with Gasteiger partial charge in [-0.3, -0.25) is 9.59 Å². The molecule has 0 aliphatic carbocycles. The minimum atomic E-state index is -1.14. The Morgan fingerprint density at radius 1 is 0.852 bits per heavy atom. The summed E-state index contributed by atoms with van der Waals surface area (Å²) in [5.41, 5.74) is 5.62. The van der Waals surface area contributed by atoms with E-state index in [0.717, 1.165) is 12.0 Å². The first kappa shape index (κ1) is 44.6. The van der Waals surface area contributed by atoms with Crippen LogP contribution >= 0.6 is 34.8 Å². The number of aliphatic hydroxyl groups is 1. The van der Waals surface area contributed by atoms with Crippen LogP contribution in [0.3, 0.4) is 0 Å². The van der Waals surface area contributed by atoms with Crippen molar-refractivity contribution in [2.75, 3.05) is 20.2 Å². The second-order valence-electron chi connectivity index (χ2n) is 14.1. The van der Waals surface area contributed by atoms with Crippen LogP contribution in [0.1, 0.15) is 52.6 Å². The van der Waals surface area contributed by atoms with E-state index in [-0.39, 0.29) is 66.2 Å². The minimum Gasteiger partial charge on any atom is -0.481 e. The lowest BCUT2D eigenvalue weighted by molar-refractivity contribution is -0.139. The van der Waals surface area contributed by atoms with Crippen LogP contribution in [0.15, 0.2) is 72.8 Å². The molecule has 1 fully saturated rings. The molecule has 5 aromatic rings. The normalized spacial score (nSPS) is 13.8. The Bertz CT molecular complexity index is 2480. The maximum absolute atomic E-state index is 11.6. The Hall–Kier alpha value is -5.97. The lowest BCUT2D eigenvalue weighted by atomic mass is 9.99. The minimum absolute atomic E-state index is 0.0280. The number of rotatable bonds is 19. The third-order valence-corrected chi connectivity index (χ3v) is 10.8. The lowest BCUT2D eigenvalue weighted by Crippen LogP contribution is -2.35. The molecule has 5 N–H and O–H groups in total. The average molecular weight is 885 g/mol. The first-order chi connectivity index (χ1) is 29.5. The number of carbonyl (C=O) groups is 2. The predicted octanol–water partition coefficient (Wildman–Crippen LogP) is 6.97. The van der Waals surface area contributed by atoms with Crippen LogP contribution in [0, 0.1) is 22.7 Å². The zero-order valence-corrected chi connectivity index (χ0v) is 35.1. The number of carbonyl (C=O) groups excluding carboxylic acids is 1. The molecule has 0 radical (unpaired) electrons. The zero-order chi connectivity index (χ0) is 43.5. The number of carboxylic acid groups (broad SMARTS) is 1. The molecule has 0 spiro atoms. The number of methoxy groups -OCH3 is 1. The summed E-state index contributed by atoms with van der Waals surface area (Å²) >= 11 is 20.8. The Kier molecular flexibility index (Phi) is 15.4. The molecule has 0 unspecified atom stereocenters. The number of halogens is 3. The number of nitrogens with one attached hydrogen (secondary N) is 3. The van der Waals surface area contributed by atoms with Crippen molar-refractivity contribution in [3.8, 4) is 52.2 Å². The highest BCUT2D eigenvalue weighted by molar-refractivity contribution is 6.38. The molecular weight excluding hydrogens is 845 g/mol. The molecule has 3 heterocycles. The summed E-state index contributed by atoms with van der Waals surface area (Å²) in [6.07, 6.45) is -0.240. The molecule has 0 saturated carbocycles. The first-order valence-electron chi connectivity index (χ1n) is 19.1. The van der Waals surface area contributed by atoms with Crippen molar-refractivity contribution in [1.29, 1.82) is 10.5 Å². The molecule has 1 aliphatic rings. The van der Waals surface area contributed by atoms with Gasteiger partial charge in [-0.1, -0.05) is 77.3 Å². The van der Waals surface area contributed by atoms with Gasteiger partial charge in [0.2, 0.25) is 23.5 Å². The summed E-state index contributed by atoms with van der Waals surface area (Å²) in [7, 11) is 1.56. The zero-order valence-electron chi connectivity index (χ0n) is 32.8. The SMILES string of the molecule is COc1nc(-c2cccc(-c3cccc(COc4nc(OCc5cc(C#N)cc(C#N)c5)c(CNC[C@@H](O)CC(=O)O)cc4Cl)c3Cl)c2Cl)ccc1CNC[C@@H]1CCC(=O)N1. The molecule has 6 rings (SSSR count). The molecule has 1 saturated heterocycles. The fourth-order valence-corrected chi connectivity index (χ4v) is 7.51. The second-order valence-corrected chi connectivity index (χ2v) is 15.2. The second kappa shape index (κ2) is 21.0. The highest BCUT2D eigenvalue weighted by atomic mass is 35.5. The van der Waals surface area contributed by atoms with E-state index in [1.54, 1.807) is 31.4 Å². The number of hydrogen-bond acceptors (Lipinski definition) is 12. The van der Waals surface area contributed by atoms with Crippen LogP contribution < -0.4 is 30.2 Å². The van der Waals surface area contributed by atoms with Gasteiger partial charge in [-0.2, -0.15) is 15.5 Å². The van der Waals surface area contributed by atoms with Crippen molar-refractivity contribution in [3.63, 3.8) is 0 Å². The largest absolute Gasteiger partial charge is 0.481 e. The van der Waals surface area contributed by atoms with Gasteiger partial charge in [0, 0.05) is 72.0 Å². The summed E-state index contributed by atoms with van der Waals surface area (Å²) in [6.45, 7) is 1.09. The third-order valence-electron chi connectivity index (χ3n) is 9.65. The van der Waals surface area contributed by atoms with Crippen LogP contribution in [0.4, 0.5) is 0 Å².